The van der Waals surface area contributed by atoms with E-state index in [0.717, 1.165) is 17.6 Å². The number of methoxy groups -OCH3 is 1. The summed E-state index contributed by atoms with van der Waals surface area (Å²) in [7, 11) is 4.02. The second kappa shape index (κ2) is 9.10. The molecule has 0 N–H and O–H groups in total. The van der Waals surface area contributed by atoms with Crippen LogP contribution in [-0.4, -0.2) is 75.7 Å². The lowest BCUT2D eigenvalue weighted by Gasteiger charge is -2.38. The van der Waals surface area contributed by atoms with Crippen LogP contribution < -0.4 is 0 Å². The molecule has 0 radical (unpaired) electrons. The summed E-state index contributed by atoms with van der Waals surface area (Å²) in [4.78, 5) is 0. The van der Waals surface area contributed by atoms with E-state index in [9.17, 15) is 52.5 Å². The molecule has 0 saturated carbocycles. The molecule has 166 valence electrons. The van der Waals surface area contributed by atoms with Gasteiger partial charge < -0.3 is 22.2 Å². The van der Waals surface area contributed by atoms with Crippen LogP contribution in [0.2, 0.25) is 0 Å². The first kappa shape index (κ1) is 28.4. The molecule has 27 heavy (non-hydrogen) atoms. The van der Waals surface area contributed by atoms with Crippen molar-refractivity contribution in [2.45, 2.75) is 37.7 Å². The van der Waals surface area contributed by atoms with E-state index in [1.165, 1.54) is 13.1 Å². The quantitative estimate of drug-likeness (QED) is 0.299. The molecule has 0 fully saturated rings. The molecule has 2 nitrogen and oxygen atoms in total. The summed E-state index contributed by atoms with van der Waals surface area (Å²) in [6.45, 7) is 0.893. The van der Waals surface area contributed by atoms with E-state index in [1.54, 1.807) is 7.11 Å². The van der Waals surface area contributed by atoms with Gasteiger partial charge >= 0.3 is 25.0 Å². The average Bonchev–Trinajstić information content (AvgIpc) is 2.50. The van der Waals surface area contributed by atoms with E-state index < -0.39 is 30.8 Å². The molecule has 0 unspecified atom stereocenters. The summed E-state index contributed by atoms with van der Waals surface area (Å²) in [5.41, 5.74) is 0. The molecular formula is C12H20BF12NO. The Labute approximate surface area is 148 Å². The lowest BCUT2D eigenvalue weighted by molar-refractivity contribution is -0.906. The van der Waals surface area contributed by atoms with Crippen LogP contribution in [0.3, 0.4) is 0 Å². The largest absolute Gasteiger partial charge is 0.554 e. The molecule has 0 aliphatic heterocycles. The van der Waals surface area contributed by atoms with Gasteiger partial charge in [0.15, 0.2) is 0 Å². The Bertz CT molecular complexity index is 417. The standard InChI is InChI=1S/C8H20NO.C4BF12/c1-5-9(3,6-2)7-8-10-4;6-1(7,2(8,9)4(12,13)14)3(10,11)5(15,16)17/h5-8H2,1-4H3;/q+1;-1. The van der Waals surface area contributed by atoms with Crippen LogP contribution in [0.4, 0.5) is 52.5 Å². The van der Waals surface area contributed by atoms with Gasteiger partial charge in [-0.15, -0.1) is 0 Å². The number of hydrogen-bond donors (Lipinski definition) is 0. The molecule has 0 aromatic heterocycles. The summed E-state index contributed by atoms with van der Waals surface area (Å²) in [5, 5.41) is 0. The van der Waals surface area contributed by atoms with Crippen molar-refractivity contribution in [3.63, 3.8) is 0 Å². The van der Waals surface area contributed by atoms with Crippen molar-refractivity contribution < 1.29 is 61.7 Å². The van der Waals surface area contributed by atoms with Crippen molar-refractivity contribution in [1.29, 1.82) is 0 Å². The van der Waals surface area contributed by atoms with E-state index >= 15 is 0 Å². The van der Waals surface area contributed by atoms with E-state index in [1.807, 2.05) is 0 Å². The van der Waals surface area contributed by atoms with Crippen LogP contribution in [0.5, 0.6) is 0 Å². The molecule has 15 heteroatoms. The highest BCUT2D eigenvalue weighted by Gasteiger charge is 2.84. The average molecular weight is 433 g/mol. The van der Waals surface area contributed by atoms with Crippen LogP contribution in [0, 0.1) is 0 Å². The Balaban J connectivity index is 0. The molecule has 0 heterocycles. The maximum Gasteiger partial charge on any atom is 0.554 e. The van der Waals surface area contributed by atoms with Crippen molar-refractivity contribution in [3.8, 4) is 0 Å². The molecule has 0 aliphatic carbocycles. The number of alkyl halides is 9. The highest BCUT2D eigenvalue weighted by molar-refractivity contribution is 6.61. The van der Waals surface area contributed by atoms with E-state index in [2.05, 4.69) is 20.9 Å². The number of nitrogens with zero attached hydrogens (tertiary/aromatic N) is 1. The second-order valence-corrected chi connectivity index (χ2v) is 5.81. The van der Waals surface area contributed by atoms with Gasteiger partial charge in [0.05, 0.1) is 26.7 Å². The van der Waals surface area contributed by atoms with Gasteiger partial charge in [0, 0.05) is 7.11 Å². The van der Waals surface area contributed by atoms with Crippen molar-refractivity contribution >= 4 is 6.98 Å². The minimum absolute atomic E-state index is 0.873. The Morgan fingerprint density at radius 1 is 0.778 bits per heavy atom. The number of halogens is 12. The fraction of sp³-hybridized carbons (Fsp3) is 1.00. The van der Waals surface area contributed by atoms with Gasteiger partial charge in [-0.25, -0.2) is 8.78 Å². The van der Waals surface area contributed by atoms with Crippen LogP contribution in [0.15, 0.2) is 0 Å². The number of ether oxygens (including phenoxy) is 1. The third-order valence-corrected chi connectivity index (χ3v) is 3.94. The Hall–Kier alpha value is -0.855. The minimum atomic E-state index is -7.94. The maximum absolute atomic E-state index is 12.0. The van der Waals surface area contributed by atoms with Gasteiger partial charge in [-0.05, 0) is 13.8 Å². The van der Waals surface area contributed by atoms with Gasteiger partial charge in [0.2, 0.25) is 0 Å². The van der Waals surface area contributed by atoms with E-state index in [0.29, 0.717) is 0 Å². The van der Waals surface area contributed by atoms with Crippen molar-refractivity contribution in [2.24, 2.45) is 0 Å². The second-order valence-electron chi connectivity index (χ2n) is 5.81. The molecule has 0 aromatic rings. The van der Waals surface area contributed by atoms with Gasteiger partial charge in [0.25, 0.3) is 5.82 Å². The third kappa shape index (κ3) is 6.33. The monoisotopic (exact) mass is 433 g/mol. The third-order valence-electron chi connectivity index (χ3n) is 3.94. The molecule has 0 bridgehead atoms. The summed E-state index contributed by atoms with van der Waals surface area (Å²) >= 11 is 0. The van der Waals surface area contributed by atoms with Crippen molar-refractivity contribution in [2.75, 3.05) is 40.4 Å². The van der Waals surface area contributed by atoms with Crippen LogP contribution in [0.1, 0.15) is 13.8 Å². The predicted octanol–water partition coefficient (Wildman–Crippen LogP) is 4.96. The molecule has 0 spiro atoms. The van der Waals surface area contributed by atoms with Gasteiger partial charge in [-0.1, -0.05) is 0 Å². The maximum atomic E-state index is 12.0. The first-order chi connectivity index (χ1) is 11.7. The fourth-order valence-corrected chi connectivity index (χ4v) is 1.44. The van der Waals surface area contributed by atoms with Crippen molar-refractivity contribution in [1.82, 2.24) is 0 Å². The van der Waals surface area contributed by atoms with Gasteiger partial charge in [-0.3, -0.25) is 0 Å². The highest BCUT2D eigenvalue weighted by atomic mass is 19.4. The number of quaternary nitrogens is 1. The highest BCUT2D eigenvalue weighted by Crippen LogP contribution is 2.56. The Morgan fingerprint density at radius 3 is 1.37 bits per heavy atom. The molecule has 0 aromatic carbocycles. The summed E-state index contributed by atoms with van der Waals surface area (Å²) in [5.74, 6) is -22.6. The SMILES string of the molecule is CC[N+](C)(CC)CCOC.F[B-](F)(F)C(F)(F)C(F)(F)C(F)(F)C(F)(F)F. The smallest absolute Gasteiger partial charge is 0.445 e. The van der Waals surface area contributed by atoms with Crippen LogP contribution in [-0.2, 0) is 4.74 Å². The molecule has 0 saturated heterocycles. The minimum Gasteiger partial charge on any atom is -0.445 e. The van der Waals surface area contributed by atoms with Crippen molar-refractivity contribution in [3.05, 3.63) is 0 Å². The summed E-state index contributed by atoms with van der Waals surface area (Å²) in [6.07, 6.45) is -7.25. The zero-order valence-electron chi connectivity index (χ0n) is 14.8. The van der Waals surface area contributed by atoms with E-state index in [4.69, 9.17) is 4.74 Å². The number of rotatable bonds is 8. The topological polar surface area (TPSA) is 9.23 Å². The Kier molecular flexibility index (Phi) is 9.55. The summed E-state index contributed by atoms with van der Waals surface area (Å²) < 4.78 is 146. The normalized spacial score (nSPS) is 14.7. The number of likely N-dealkylation sites (N-methyl/N-ethyl adjacent to an activating group) is 1. The number of hydrogen-bond acceptors (Lipinski definition) is 1. The first-order valence-electron chi connectivity index (χ1n) is 7.40. The fourth-order valence-electron chi connectivity index (χ4n) is 1.44. The van der Waals surface area contributed by atoms with E-state index in [-0.39, 0.29) is 0 Å². The van der Waals surface area contributed by atoms with Crippen LogP contribution in [0.25, 0.3) is 0 Å². The molecule has 0 aliphatic rings. The van der Waals surface area contributed by atoms with Crippen LogP contribution >= 0.6 is 0 Å². The molecule has 0 atom stereocenters. The van der Waals surface area contributed by atoms with Gasteiger partial charge in [-0.2, -0.15) is 30.7 Å². The lowest BCUT2D eigenvalue weighted by Crippen LogP contribution is -2.67. The lowest BCUT2D eigenvalue weighted by atomic mass is 9.74. The predicted molar refractivity (Wildman–Crippen MR) is 74.0 cm³/mol. The zero-order valence-corrected chi connectivity index (χ0v) is 14.8. The van der Waals surface area contributed by atoms with Gasteiger partial charge in [0.1, 0.15) is 6.54 Å². The molecule has 0 amide bonds. The molecule has 0 rings (SSSR count). The molecular weight excluding hydrogens is 413 g/mol. The Morgan fingerprint density at radius 2 is 1.15 bits per heavy atom. The zero-order chi connectivity index (χ0) is 22.5. The summed E-state index contributed by atoms with van der Waals surface area (Å²) in [6, 6.07) is 0. The first-order valence-corrected chi connectivity index (χ1v) is 7.40.